The number of unbranched alkanes of at least 4 members (excludes halogenated alkanes) is 2. The fraction of sp³-hybridized carbons (Fsp3) is 0.606. The highest BCUT2D eigenvalue weighted by atomic mass is 79.9. The number of anilines is 1. The van der Waals surface area contributed by atoms with E-state index in [4.69, 9.17) is 9.47 Å². The maximum atomic E-state index is 14.6. The molecule has 0 saturated carbocycles. The Morgan fingerprint density at radius 1 is 1.05 bits per heavy atom. The van der Waals surface area contributed by atoms with Gasteiger partial charge in [0.1, 0.15) is 11.6 Å². The summed E-state index contributed by atoms with van der Waals surface area (Å²) in [7, 11) is 0. The lowest BCUT2D eigenvalue weighted by atomic mass is 9.70. The number of rotatable bonds is 15. The number of halogens is 1. The van der Waals surface area contributed by atoms with Gasteiger partial charge in [-0.1, -0.05) is 46.3 Å². The molecule has 0 aromatic heterocycles. The molecule has 0 aliphatic carbocycles. The Morgan fingerprint density at radius 3 is 2.45 bits per heavy atom. The van der Waals surface area contributed by atoms with Crippen molar-refractivity contribution in [2.45, 2.75) is 48.3 Å². The molecule has 2 bridgehead atoms. The van der Waals surface area contributed by atoms with Crippen LogP contribution in [0.5, 0.6) is 0 Å². The first kappa shape index (κ1) is 32.8. The molecular formula is C33H45BrN4O6. The molecule has 3 unspecified atom stereocenters. The minimum Gasteiger partial charge on any atom is -0.396 e. The van der Waals surface area contributed by atoms with E-state index < -0.39 is 29.6 Å². The van der Waals surface area contributed by atoms with Crippen LogP contribution in [0.2, 0.25) is 0 Å². The number of aliphatic hydroxyl groups is 1. The first-order valence-electron chi connectivity index (χ1n) is 15.8. The van der Waals surface area contributed by atoms with Crippen molar-refractivity contribution < 1.29 is 29.0 Å². The van der Waals surface area contributed by atoms with Crippen molar-refractivity contribution in [3.05, 3.63) is 55.6 Å². The molecule has 5 rings (SSSR count). The average molecular weight is 674 g/mol. The highest BCUT2D eigenvalue weighted by molar-refractivity contribution is 9.09. The molecule has 1 N–H and O–H groups in total. The Morgan fingerprint density at radius 2 is 1.77 bits per heavy atom. The summed E-state index contributed by atoms with van der Waals surface area (Å²) >= 11 is 3.79. The quantitative estimate of drug-likeness (QED) is 0.174. The van der Waals surface area contributed by atoms with E-state index in [1.54, 1.807) is 26.9 Å². The summed E-state index contributed by atoms with van der Waals surface area (Å²) in [5.41, 5.74) is -0.404. The molecule has 11 heteroatoms. The van der Waals surface area contributed by atoms with Gasteiger partial charge in [-0.2, -0.15) is 0 Å². The van der Waals surface area contributed by atoms with Gasteiger partial charge < -0.3 is 29.3 Å². The van der Waals surface area contributed by atoms with Crippen LogP contribution < -0.4 is 4.90 Å². The molecule has 4 fully saturated rings. The lowest BCUT2D eigenvalue weighted by molar-refractivity contribution is -0.148. The molecule has 4 aliphatic heterocycles. The largest absolute Gasteiger partial charge is 0.396 e. The number of benzene rings is 1. The van der Waals surface area contributed by atoms with Gasteiger partial charge in [-0.15, -0.1) is 13.2 Å². The molecule has 10 nitrogen and oxygen atoms in total. The van der Waals surface area contributed by atoms with Gasteiger partial charge in [-0.3, -0.25) is 19.3 Å². The van der Waals surface area contributed by atoms with E-state index in [0.717, 1.165) is 25.2 Å². The Bertz CT molecular complexity index is 1200. The van der Waals surface area contributed by atoms with E-state index in [-0.39, 0.29) is 35.7 Å². The number of ether oxygens (including phenoxy) is 2. The number of carbonyl (C=O) groups excluding carboxylic acids is 3. The van der Waals surface area contributed by atoms with Gasteiger partial charge in [0.25, 0.3) is 0 Å². The second kappa shape index (κ2) is 14.7. The topological polar surface area (TPSA) is 103 Å². The number of hydrogen-bond donors (Lipinski definition) is 1. The van der Waals surface area contributed by atoms with Crippen molar-refractivity contribution in [3.63, 3.8) is 0 Å². The Hall–Kier alpha value is -2.57. The van der Waals surface area contributed by atoms with E-state index in [1.807, 2.05) is 30.3 Å². The number of carbonyl (C=O) groups is 3. The first-order valence-corrected chi connectivity index (χ1v) is 16.7. The number of aliphatic hydroxyl groups excluding tert-OH is 1. The summed E-state index contributed by atoms with van der Waals surface area (Å²) in [6.07, 6.45) is 5.29. The van der Waals surface area contributed by atoms with E-state index in [0.29, 0.717) is 58.7 Å². The van der Waals surface area contributed by atoms with Crippen molar-refractivity contribution in [1.82, 2.24) is 14.7 Å². The van der Waals surface area contributed by atoms with Crippen LogP contribution in [0.25, 0.3) is 0 Å². The van der Waals surface area contributed by atoms with Crippen LogP contribution in [0, 0.1) is 11.8 Å². The molecule has 1 spiro atoms. The van der Waals surface area contributed by atoms with Crippen LogP contribution in [-0.4, -0.2) is 126 Å². The molecule has 4 heterocycles. The number of alkyl halides is 1. The number of fused-ring (bicyclic) bond motifs is 1. The van der Waals surface area contributed by atoms with E-state index >= 15 is 0 Å². The van der Waals surface area contributed by atoms with Gasteiger partial charge in [-0.05, 0) is 37.8 Å². The number of morpholine rings is 1. The van der Waals surface area contributed by atoms with Gasteiger partial charge in [-0.25, -0.2) is 0 Å². The van der Waals surface area contributed by atoms with Gasteiger partial charge in [0.15, 0.2) is 0 Å². The number of nitrogens with zero attached hydrogens (tertiary/aromatic N) is 4. The van der Waals surface area contributed by atoms with E-state index in [9.17, 15) is 19.5 Å². The molecule has 4 saturated heterocycles. The third-order valence-corrected chi connectivity index (χ3v) is 10.3. The summed E-state index contributed by atoms with van der Waals surface area (Å²) in [6, 6.07) is 8.53. The molecule has 6 atom stereocenters. The summed E-state index contributed by atoms with van der Waals surface area (Å²) < 4.78 is 12.2. The van der Waals surface area contributed by atoms with Crippen molar-refractivity contribution in [2.24, 2.45) is 11.8 Å². The monoisotopic (exact) mass is 672 g/mol. The zero-order valence-corrected chi connectivity index (χ0v) is 27.0. The van der Waals surface area contributed by atoms with Gasteiger partial charge in [0, 0.05) is 62.9 Å². The van der Waals surface area contributed by atoms with Gasteiger partial charge in [0.05, 0.1) is 31.2 Å². The molecule has 240 valence electrons. The smallest absolute Gasteiger partial charge is 0.248 e. The van der Waals surface area contributed by atoms with Crippen LogP contribution in [0.3, 0.4) is 0 Å². The molecule has 4 aliphatic rings. The molecule has 44 heavy (non-hydrogen) atoms. The van der Waals surface area contributed by atoms with Crippen molar-refractivity contribution in [3.8, 4) is 0 Å². The highest BCUT2D eigenvalue weighted by Gasteiger charge is 2.76. The predicted octanol–water partition coefficient (Wildman–Crippen LogP) is 2.46. The fourth-order valence-corrected chi connectivity index (χ4v) is 8.39. The first-order chi connectivity index (χ1) is 21.4. The minimum absolute atomic E-state index is 0.0722. The lowest BCUT2D eigenvalue weighted by Gasteiger charge is -2.38. The third kappa shape index (κ3) is 6.26. The van der Waals surface area contributed by atoms with Crippen molar-refractivity contribution in [1.29, 1.82) is 0 Å². The molecule has 1 aromatic carbocycles. The second-order valence-electron chi connectivity index (χ2n) is 12.1. The predicted molar refractivity (Wildman–Crippen MR) is 171 cm³/mol. The van der Waals surface area contributed by atoms with Crippen molar-refractivity contribution in [2.75, 3.05) is 70.5 Å². The maximum Gasteiger partial charge on any atom is 0.248 e. The number of para-hydroxylation sites is 1. The number of amides is 3. The molecule has 0 radical (unpaired) electrons. The van der Waals surface area contributed by atoms with E-state index in [1.165, 1.54) is 0 Å². The summed E-state index contributed by atoms with van der Waals surface area (Å²) in [5, 5.41) is 9.34. The van der Waals surface area contributed by atoms with Crippen LogP contribution in [0.4, 0.5) is 5.69 Å². The van der Waals surface area contributed by atoms with Crippen LogP contribution in [0.15, 0.2) is 55.6 Å². The SMILES string of the molecule is C=CCN(CCN1CCOCC1)C(=O)C1N(CCCCCO)C(=O)[C@@H]2[C@H](C(=O)N(CC=C)c3ccccc3)[C@H]3OC12CC3Br. The normalized spacial score (nSPS) is 29.5. The Balaban J connectivity index is 1.47. The number of likely N-dealkylation sites (tertiary alicyclic amines) is 1. The Kier molecular flexibility index (Phi) is 10.9. The van der Waals surface area contributed by atoms with Crippen LogP contribution >= 0.6 is 15.9 Å². The average Bonchev–Trinajstić information content (AvgIpc) is 3.63. The minimum atomic E-state index is -1.13. The third-order valence-electron chi connectivity index (χ3n) is 9.46. The molecule has 3 amide bonds. The summed E-state index contributed by atoms with van der Waals surface area (Å²) in [6.45, 7) is 13.0. The van der Waals surface area contributed by atoms with Gasteiger partial charge in [0.2, 0.25) is 17.7 Å². The maximum absolute atomic E-state index is 14.6. The van der Waals surface area contributed by atoms with Gasteiger partial charge >= 0.3 is 0 Å². The highest BCUT2D eigenvalue weighted by Crippen LogP contribution is 2.60. The zero-order valence-electron chi connectivity index (χ0n) is 25.4. The van der Waals surface area contributed by atoms with E-state index in [2.05, 4.69) is 34.0 Å². The summed E-state index contributed by atoms with van der Waals surface area (Å²) in [5.74, 6) is -2.10. The van der Waals surface area contributed by atoms with Crippen LogP contribution in [-0.2, 0) is 23.9 Å². The molecular weight excluding hydrogens is 628 g/mol. The fourth-order valence-electron chi connectivity index (χ4n) is 7.45. The Labute approximate surface area is 268 Å². The van der Waals surface area contributed by atoms with Crippen molar-refractivity contribution >= 4 is 39.3 Å². The summed E-state index contributed by atoms with van der Waals surface area (Å²) in [4.78, 5) is 50.7. The second-order valence-corrected chi connectivity index (χ2v) is 13.3. The number of hydrogen-bond acceptors (Lipinski definition) is 7. The van der Waals surface area contributed by atoms with Crippen LogP contribution in [0.1, 0.15) is 25.7 Å². The zero-order chi connectivity index (χ0) is 31.3. The lowest BCUT2D eigenvalue weighted by Crippen LogP contribution is -2.58. The molecule has 1 aromatic rings. The standard InChI is InChI=1S/C33H45BrN4O6/c1-3-13-36(17-16-35-18-21-43-22-19-35)32(42)29-33-23-25(34)28(44-33)26(27(33)31(41)38(29)15-9-6-10-20-39)30(40)37(14-4-2)24-11-7-5-8-12-24/h3-5,7-8,11-12,25-29,39H,1-2,6,9-10,13-23H2/t25?,26-,27-,28-,29?,33?/m0/s1.